The lowest BCUT2D eigenvalue weighted by atomic mass is 10.2. The van der Waals surface area contributed by atoms with Gasteiger partial charge in [0, 0.05) is 12.2 Å². The van der Waals surface area contributed by atoms with Gasteiger partial charge in [-0.2, -0.15) is 0 Å². The third kappa shape index (κ3) is 3.37. The van der Waals surface area contributed by atoms with Gasteiger partial charge in [0.25, 0.3) is 10.0 Å². The number of aryl methyl sites for hydroxylation is 1. The van der Waals surface area contributed by atoms with Gasteiger partial charge < -0.3 is 5.73 Å². The van der Waals surface area contributed by atoms with Crippen molar-refractivity contribution in [3.05, 3.63) is 59.7 Å². The van der Waals surface area contributed by atoms with E-state index in [1.807, 2.05) is 12.1 Å². The van der Waals surface area contributed by atoms with E-state index in [4.69, 9.17) is 5.73 Å². The highest BCUT2D eigenvalue weighted by Crippen LogP contribution is 2.17. The minimum absolute atomic E-state index is 0.231. The van der Waals surface area contributed by atoms with E-state index in [0.717, 1.165) is 12.0 Å². The van der Waals surface area contributed by atoms with E-state index in [-0.39, 0.29) is 4.90 Å². The monoisotopic (exact) mass is 290 g/mol. The molecule has 3 N–H and O–H groups in total. The van der Waals surface area contributed by atoms with Crippen molar-refractivity contribution in [1.29, 1.82) is 0 Å². The topological polar surface area (TPSA) is 72.2 Å². The highest BCUT2D eigenvalue weighted by atomic mass is 32.2. The van der Waals surface area contributed by atoms with Crippen molar-refractivity contribution in [1.82, 2.24) is 0 Å². The Labute approximate surface area is 119 Å². The Bertz CT molecular complexity index is 662. The molecule has 106 valence electrons. The fraction of sp³-hybridized carbons (Fsp3) is 0.200. The van der Waals surface area contributed by atoms with Crippen molar-refractivity contribution in [3.63, 3.8) is 0 Å². The molecular weight excluding hydrogens is 272 g/mol. The van der Waals surface area contributed by atoms with Crippen LogP contribution < -0.4 is 10.5 Å². The Morgan fingerprint density at radius 1 is 0.950 bits per heavy atom. The Morgan fingerprint density at radius 3 is 2.00 bits per heavy atom. The van der Waals surface area contributed by atoms with Gasteiger partial charge in [-0.1, -0.05) is 31.2 Å². The van der Waals surface area contributed by atoms with E-state index in [0.29, 0.717) is 12.2 Å². The largest absolute Gasteiger partial charge is 0.326 e. The number of nitrogens with two attached hydrogens (primary N) is 1. The standard InChI is InChI=1S/C15H18N2O2S/c1-2-12-3-7-14(8-4-12)17-20(18,19)15-9-5-13(11-16)6-10-15/h3-10,17H,2,11,16H2,1H3. The molecule has 0 aliphatic heterocycles. The summed E-state index contributed by atoms with van der Waals surface area (Å²) in [4.78, 5) is 0.231. The minimum Gasteiger partial charge on any atom is -0.326 e. The van der Waals surface area contributed by atoms with Crippen LogP contribution >= 0.6 is 0 Å². The average molecular weight is 290 g/mol. The van der Waals surface area contributed by atoms with Crippen LogP contribution in [-0.2, 0) is 23.0 Å². The average Bonchev–Trinajstić information content (AvgIpc) is 2.48. The summed E-state index contributed by atoms with van der Waals surface area (Å²) in [5, 5.41) is 0. The Morgan fingerprint density at radius 2 is 1.50 bits per heavy atom. The molecule has 5 heteroatoms. The molecule has 0 aromatic heterocycles. The fourth-order valence-electron chi connectivity index (χ4n) is 1.83. The first-order chi connectivity index (χ1) is 9.55. The Balaban J connectivity index is 2.20. The van der Waals surface area contributed by atoms with Gasteiger partial charge in [-0.25, -0.2) is 8.42 Å². The van der Waals surface area contributed by atoms with E-state index in [1.165, 1.54) is 5.56 Å². The number of anilines is 1. The summed E-state index contributed by atoms with van der Waals surface area (Å²) in [6, 6.07) is 13.9. The van der Waals surface area contributed by atoms with Gasteiger partial charge >= 0.3 is 0 Å². The van der Waals surface area contributed by atoms with E-state index in [9.17, 15) is 8.42 Å². The van der Waals surface area contributed by atoms with Gasteiger partial charge in [0.05, 0.1) is 4.90 Å². The number of rotatable bonds is 5. The normalized spacial score (nSPS) is 11.3. The van der Waals surface area contributed by atoms with Gasteiger partial charge in [0.2, 0.25) is 0 Å². The third-order valence-corrected chi connectivity index (χ3v) is 4.48. The van der Waals surface area contributed by atoms with E-state index in [2.05, 4.69) is 11.6 Å². The number of hydrogen-bond acceptors (Lipinski definition) is 3. The predicted molar refractivity (Wildman–Crippen MR) is 81.0 cm³/mol. The van der Waals surface area contributed by atoms with E-state index >= 15 is 0 Å². The molecule has 0 spiro atoms. The number of benzene rings is 2. The zero-order chi connectivity index (χ0) is 14.6. The van der Waals surface area contributed by atoms with Crippen LogP contribution in [0.3, 0.4) is 0 Å². The second-order valence-electron chi connectivity index (χ2n) is 4.50. The molecule has 0 atom stereocenters. The minimum atomic E-state index is -3.55. The highest BCUT2D eigenvalue weighted by molar-refractivity contribution is 7.92. The van der Waals surface area contributed by atoms with Crippen LogP contribution in [0.25, 0.3) is 0 Å². The molecule has 0 saturated carbocycles. The molecule has 20 heavy (non-hydrogen) atoms. The molecule has 0 aliphatic rings. The van der Waals surface area contributed by atoms with Crippen molar-refractivity contribution >= 4 is 15.7 Å². The summed E-state index contributed by atoms with van der Waals surface area (Å²) in [5.41, 5.74) is 8.12. The molecule has 0 heterocycles. The maximum atomic E-state index is 12.2. The maximum absolute atomic E-state index is 12.2. The summed E-state index contributed by atoms with van der Waals surface area (Å²) in [6.07, 6.45) is 0.924. The maximum Gasteiger partial charge on any atom is 0.261 e. The van der Waals surface area contributed by atoms with Gasteiger partial charge in [0.1, 0.15) is 0 Å². The molecule has 2 aromatic carbocycles. The predicted octanol–water partition coefficient (Wildman–Crippen LogP) is 2.51. The van der Waals surface area contributed by atoms with Gasteiger partial charge in [0.15, 0.2) is 0 Å². The van der Waals surface area contributed by atoms with Crippen LogP contribution in [0.1, 0.15) is 18.1 Å². The van der Waals surface area contributed by atoms with Crippen molar-refractivity contribution in [2.45, 2.75) is 24.8 Å². The lowest BCUT2D eigenvalue weighted by Crippen LogP contribution is -2.13. The van der Waals surface area contributed by atoms with Crippen molar-refractivity contribution in [2.24, 2.45) is 5.73 Å². The highest BCUT2D eigenvalue weighted by Gasteiger charge is 2.13. The second kappa shape index (κ2) is 6.07. The van der Waals surface area contributed by atoms with Gasteiger partial charge in [-0.05, 0) is 41.8 Å². The number of hydrogen-bond donors (Lipinski definition) is 2. The van der Waals surface area contributed by atoms with Crippen LogP contribution in [0.2, 0.25) is 0 Å². The van der Waals surface area contributed by atoms with Crippen LogP contribution in [0, 0.1) is 0 Å². The lowest BCUT2D eigenvalue weighted by molar-refractivity contribution is 0.601. The van der Waals surface area contributed by atoms with Gasteiger partial charge in [-0.3, -0.25) is 4.72 Å². The molecule has 0 aliphatic carbocycles. The zero-order valence-electron chi connectivity index (χ0n) is 11.3. The quantitative estimate of drug-likeness (QED) is 0.888. The molecule has 2 aromatic rings. The molecule has 0 unspecified atom stereocenters. The summed E-state index contributed by atoms with van der Waals surface area (Å²) >= 11 is 0. The summed E-state index contributed by atoms with van der Waals surface area (Å²) < 4.78 is 27.0. The molecule has 0 bridgehead atoms. The van der Waals surface area contributed by atoms with Crippen molar-refractivity contribution in [3.8, 4) is 0 Å². The Kier molecular flexibility index (Phi) is 4.42. The van der Waals surface area contributed by atoms with E-state index < -0.39 is 10.0 Å². The summed E-state index contributed by atoms with van der Waals surface area (Å²) in [7, 11) is -3.55. The molecule has 4 nitrogen and oxygen atoms in total. The third-order valence-electron chi connectivity index (χ3n) is 3.08. The summed E-state index contributed by atoms with van der Waals surface area (Å²) in [5.74, 6) is 0. The molecular formula is C15H18N2O2S. The fourth-order valence-corrected chi connectivity index (χ4v) is 2.89. The smallest absolute Gasteiger partial charge is 0.261 e. The summed E-state index contributed by atoms with van der Waals surface area (Å²) in [6.45, 7) is 2.45. The van der Waals surface area contributed by atoms with Gasteiger partial charge in [-0.15, -0.1) is 0 Å². The van der Waals surface area contributed by atoms with Crippen LogP contribution in [0.5, 0.6) is 0 Å². The molecule has 0 fully saturated rings. The van der Waals surface area contributed by atoms with E-state index in [1.54, 1.807) is 36.4 Å². The lowest BCUT2D eigenvalue weighted by Gasteiger charge is -2.09. The van der Waals surface area contributed by atoms with Crippen LogP contribution in [0.4, 0.5) is 5.69 Å². The second-order valence-corrected chi connectivity index (χ2v) is 6.19. The molecule has 0 amide bonds. The first-order valence-electron chi connectivity index (χ1n) is 6.46. The number of sulfonamides is 1. The van der Waals surface area contributed by atoms with Crippen molar-refractivity contribution in [2.75, 3.05) is 4.72 Å². The van der Waals surface area contributed by atoms with Crippen LogP contribution in [-0.4, -0.2) is 8.42 Å². The zero-order valence-corrected chi connectivity index (χ0v) is 12.2. The molecule has 0 saturated heterocycles. The van der Waals surface area contributed by atoms with Crippen molar-refractivity contribution < 1.29 is 8.42 Å². The van der Waals surface area contributed by atoms with Crippen LogP contribution in [0.15, 0.2) is 53.4 Å². The number of nitrogens with one attached hydrogen (secondary N) is 1. The first-order valence-corrected chi connectivity index (χ1v) is 7.94. The Hall–Kier alpha value is -1.85. The molecule has 0 radical (unpaired) electrons. The first kappa shape index (κ1) is 14.6. The molecule has 2 rings (SSSR count). The SMILES string of the molecule is CCc1ccc(NS(=O)(=O)c2ccc(CN)cc2)cc1.